The minimum Gasteiger partial charge on any atom is -0.369 e. The number of likely N-dealkylation sites (N-methyl/N-ethyl adjacent to an activating group) is 2. The fraction of sp³-hybridized carbons (Fsp3) is 0.500. The summed E-state index contributed by atoms with van der Waals surface area (Å²) in [7, 11) is 2.11. The molecule has 1 heterocycles. The third-order valence-electron chi connectivity index (χ3n) is 6.42. The maximum atomic E-state index is 4.91. The third kappa shape index (κ3) is 5.66. The van der Waals surface area contributed by atoms with E-state index in [0.29, 0.717) is 0 Å². The van der Waals surface area contributed by atoms with Crippen molar-refractivity contribution < 1.29 is 0 Å². The van der Waals surface area contributed by atoms with Gasteiger partial charge in [-0.3, -0.25) is 0 Å². The van der Waals surface area contributed by atoms with E-state index in [1.54, 1.807) is 0 Å². The van der Waals surface area contributed by atoms with Gasteiger partial charge in [0.25, 0.3) is 0 Å². The van der Waals surface area contributed by atoms with E-state index in [1.165, 1.54) is 16.8 Å². The van der Waals surface area contributed by atoms with E-state index in [9.17, 15) is 0 Å². The van der Waals surface area contributed by atoms with Crippen LogP contribution in [-0.2, 0) is 7.05 Å². The van der Waals surface area contributed by atoms with Crippen LogP contribution in [0.1, 0.15) is 27.7 Å². The highest BCUT2D eigenvalue weighted by Gasteiger charge is 2.14. The predicted molar refractivity (Wildman–Crippen MR) is 134 cm³/mol. The van der Waals surface area contributed by atoms with Gasteiger partial charge in [-0.15, -0.1) is 0 Å². The van der Waals surface area contributed by atoms with Gasteiger partial charge in [-0.25, -0.2) is 4.98 Å². The second kappa shape index (κ2) is 11.3. The minimum absolute atomic E-state index is 1.02. The molecule has 2 aromatic carbocycles. The Balaban J connectivity index is 1.88. The van der Waals surface area contributed by atoms with Crippen LogP contribution in [0.3, 0.4) is 0 Å². The van der Waals surface area contributed by atoms with Crippen molar-refractivity contribution in [1.82, 2.24) is 19.4 Å². The smallest absolute Gasteiger partial charge is 0.140 e. The molecular formula is C26H39N5. The number of fused-ring (bicyclic) bond motifs is 1. The molecule has 0 spiro atoms. The lowest BCUT2D eigenvalue weighted by Crippen LogP contribution is -2.40. The number of nitrogens with zero attached hydrogens (tertiary/aromatic N) is 5. The molecule has 31 heavy (non-hydrogen) atoms. The first-order valence-electron chi connectivity index (χ1n) is 11.8. The Hall–Kier alpha value is -2.37. The molecule has 0 saturated carbocycles. The standard InChI is InChI=1S/C26H39N5/c1-6-29(7-2)17-19-31(20-18-30(8-3)9-4)23-14-12-13-22(21-23)26-27-24-15-10-11-16-25(24)28(26)5/h10-16,21H,6-9,17-20H2,1-5H3. The number of aryl methyl sites for hydroxylation is 1. The van der Waals surface area contributed by atoms with E-state index in [1.807, 2.05) is 0 Å². The van der Waals surface area contributed by atoms with Crippen LogP contribution in [0.15, 0.2) is 48.5 Å². The molecule has 0 unspecified atom stereocenters. The Morgan fingerprint density at radius 3 is 1.94 bits per heavy atom. The van der Waals surface area contributed by atoms with Crippen LogP contribution in [0.25, 0.3) is 22.4 Å². The summed E-state index contributed by atoms with van der Waals surface area (Å²) in [6.07, 6.45) is 0. The second-order valence-corrected chi connectivity index (χ2v) is 8.07. The van der Waals surface area contributed by atoms with E-state index in [2.05, 4.69) is 103 Å². The quantitative estimate of drug-likeness (QED) is 0.422. The molecule has 3 aromatic rings. The van der Waals surface area contributed by atoms with Crippen molar-refractivity contribution in [3.8, 4) is 11.4 Å². The molecule has 1 aromatic heterocycles. The first-order valence-corrected chi connectivity index (χ1v) is 11.8. The average molecular weight is 422 g/mol. The summed E-state index contributed by atoms with van der Waals surface area (Å²) in [5, 5.41) is 0. The molecule has 0 atom stereocenters. The highest BCUT2D eigenvalue weighted by molar-refractivity contribution is 5.81. The largest absolute Gasteiger partial charge is 0.369 e. The molecule has 0 aliphatic carbocycles. The Morgan fingerprint density at radius 1 is 0.742 bits per heavy atom. The maximum Gasteiger partial charge on any atom is 0.140 e. The molecule has 0 bridgehead atoms. The zero-order valence-corrected chi connectivity index (χ0v) is 20.0. The van der Waals surface area contributed by atoms with Crippen molar-refractivity contribution in [3.05, 3.63) is 48.5 Å². The van der Waals surface area contributed by atoms with Gasteiger partial charge in [-0.05, 0) is 50.4 Å². The first kappa shape index (κ1) is 23.3. The zero-order valence-electron chi connectivity index (χ0n) is 20.0. The van der Waals surface area contributed by atoms with Gasteiger partial charge in [0.2, 0.25) is 0 Å². The molecule has 3 rings (SSSR count). The van der Waals surface area contributed by atoms with E-state index in [-0.39, 0.29) is 0 Å². The fourth-order valence-corrected chi connectivity index (χ4v) is 4.22. The zero-order chi connectivity index (χ0) is 22.2. The third-order valence-corrected chi connectivity index (χ3v) is 6.42. The number of benzene rings is 2. The highest BCUT2D eigenvalue weighted by Crippen LogP contribution is 2.27. The van der Waals surface area contributed by atoms with Crippen LogP contribution >= 0.6 is 0 Å². The average Bonchev–Trinajstić information content (AvgIpc) is 3.15. The number of anilines is 1. The summed E-state index contributed by atoms with van der Waals surface area (Å²) in [4.78, 5) is 12.5. The van der Waals surface area contributed by atoms with Crippen LogP contribution in [-0.4, -0.2) is 71.7 Å². The molecule has 0 fully saturated rings. The Morgan fingerprint density at radius 2 is 1.35 bits per heavy atom. The second-order valence-electron chi connectivity index (χ2n) is 8.07. The Bertz CT molecular complexity index is 924. The maximum absolute atomic E-state index is 4.91. The van der Waals surface area contributed by atoms with E-state index >= 15 is 0 Å². The minimum atomic E-state index is 1.02. The number of hydrogen-bond donors (Lipinski definition) is 0. The van der Waals surface area contributed by atoms with Gasteiger partial charge in [0.05, 0.1) is 11.0 Å². The van der Waals surface area contributed by atoms with E-state index in [4.69, 9.17) is 4.98 Å². The lowest BCUT2D eigenvalue weighted by atomic mass is 10.1. The molecule has 0 aliphatic rings. The van der Waals surface area contributed by atoms with Gasteiger partial charge in [0.15, 0.2) is 0 Å². The van der Waals surface area contributed by atoms with Gasteiger partial charge in [-0.1, -0.05) is 52.0 Å². The van der Waals surface area contributed by atoms with Crippen molar-refractivity contribution in [2.24, 2.45) is 7.05 Å². The molecule has 0 amide bonds. The number of hydrogen-bond acceptors (Lipinski definition) is 4. The number of rotatable bonds is 12. The lowest BCUT2D eigenvalue weighted by molar-refractivity contribution is 0.294. The normalized spacial score (nSPS) is 11.7. The van der Waals surface area contributed by atoms with Gasteiger partial charge >= 0.3 is 0 Å². The van der Waals surface area contributed by atoms with Crippen molar-refractivity contribution in [2.45, 2.75) is 27.7 Å². The molecule has 0 N–H and O–H groups in total. The predicted octanol–water partition coefficient (Wildman–Crippen LogP) is 4.73. The number of para-hydroxylation sites is 2. The molecule has 5 nitrogen and oxygen atoms in total. The van der Waals surface area contributed by atoms with Crippen LogP contribution in [0.5, 0.6) is 0 Å². The summed E-state index contributed by atoms with van der Waals surface area (Å²) in [5.41, 5.74) is 4.67. The van der Waals surface area contributed by atoms with Crippen molar-refractivity contribution >= 4 is 16.7 Å². The fourth-order valence-electron chi connectivity index (χ4n) is 4.22. The molecule has 0 radical (unpaired) electrons. The monoisotopic (exact) mass is 421 g/mol. The van der Waals surface area contributed by atoms with E-state index in [0.717, 1.165) is 63.7 Å². The molecule has 5 heteroatoms. The SMILES string of the molecule is CCN(CC)CCN(CCN(CC)CC)c1cccc(-c2nc3ccccc3n2C)c1. The Kier molecular flexibility index (Phi) is 8.50. The summed E-state index contributed by atoms with van der Waals surface area (Å²) >= 11 is 0. The number of imidazole rings is 1. The highest BCUT2D eigenvalue weighted by atomic mass is 15.2. The molecule has 168 valence electrons. The van der Waals surface area contributed by atoms with Gasteiger partial charge in [0.1, 0.15) is 5.82 Å². The molecule has 0 aliphatic heterocycles. The van der Waals surface area contributed by atoms with E-state index < -0.39 is 0 Å². The van der Waals surface area contributed by atoms with Crippen molar-refractivity contribution in [3.63, 3.8) is 0 Å². The number of aromatic nitrogens is 2. The van der Waals surface area contributed by atoms with Crippen LogP contribution in [0.4, 0.5) is 5.69 Å². The summed E-state index contributed by atoms with van der Waals surface area (Å²) < 4.78 is 2.20. The molecule has 0 saturated heterocycles. The van der Waals surface area contributed by atoms with Crippen LogP contribution < -0.4 is 4.90 Å². The Labute approximate surface area is 188 Å². The van der Waals surface area contributed by atoms with Gasteiger partial charge in [-0.2, -0.15) is 0 Å². The van der Waals surface area contributed by atoms with Crippen molar-refractivity contribution in [1.29, 1.82) is 0 Å². The summed E-state index contributed by atoms with van der Waals surface area (Å²) in [5.74, 6) is 1.02. The summed E-state index contributed by atoms with van der Waals surface area (Å²) in [6, 6.07) is 17.3. The van der Waals surface area contributed by atoms with Crippen molar-refractivity contribution in [2.75, 3.05) is 57.3 Å². The topological polar surface area (TPSA) is 27.5 Å². The lowest BCUT2D eigenvalue weighted by Gasteiger charge is -2.30. The van der Waals surface area contributed by atoms with Gasteiger partial charge < -0.3 is 19.3 Å². The first-order chi connectivity index (χ1) is 15.1. The van der Waals surface area contributed by atoms with Crippen LogP contribution in [0.2, 0.25) is 0 Å². The van der Waals surface area contributed by atoms with Crippen LogP contribution in [0, 0.1) is 0 Å². The molecular weight excluding hydrogens is 382 g/mol. The summed E-state index contributed by atoms with van der Waals surface area (Å²) in [6.45, 7) is 17.6. The van der Waals surface area contributed by atoms with Gasteiger partial charge in [0, 0.05) is 44.5 Å².